The fourth-order valence-electron chi connectivity index (χ4n) is 3.15. The summed E-state index contributed by atoms with van der Waals surface area (Å²) in [7, 11) is 0. The second-order valence-corrected chi connectivity index (χ2v) is 6.85. The molecule has 0 spiro atoms. The van der Waals surface area contributed by atoms with E-state index >= 15 is 0 Å². The molecular formula is C20H24ClFN4O2. The van der Waals surface area contributed by atoms with Crippen molar-refractivity contribution in [2.45, 2.75) is 13.3 Å². The Morgan fingerprint density at radius 2 is 1.96 bits per heavy atom. The highest BCUT2D eigenvalue weighted by Gasteiger charge is 2.25. The SMILES string of the molecule is CCNC(=NCCc1c(F)cccc1Cl)N1CCN(C(=O)c2ccco2)CC1. The number of guanidine groups is 1. The van der Waals surface area contributed by atoms with E-state index in [9.17, 15) is 9.18 Å². The molecule has 1 aromatic heterocycles. The number of furan rings is 1. The second kappa shape index (κ2) is 9.59. The molecule has 1 fully saturated rings. The van der Waals surface area contributed by atoms with Crippen LogP contribution >= 0.6 is 11.6 Å². The molecule has 0 radical (unpaired) electrons. The fraction of sp³-hybridized carbons (Fsp3) is 0.400. The second-order valence-electron chi connectivity index (χ2n) is 6.44. The van der Waals surface area contributed by atoms with E-state index in [0.717, 1.165) is 12.5 Å². The summed E-state index contributed by atoms with van der Waals surface area (Å²) < 4.78 is 19.1. The first-order valence-corrected chi connectivity index (χ1v) is 9.77. The number of aliphatic imine (C=N–C) groups is 1. The molecule has 0 atom stereocenters. The number of benzene rings is 1. The summed E-state index contributed by atoms with van der Waals surface area (Å²) in [6.07, 6.45) is 1.93. The minimum Gasteiger partial charge on any atom is -0.459 e. The number of halogens is 2. The highest BCUT2D eigenvalue weighted by Crippen LogP contribution is 2.19. The molecular weight excluding hydrogens is 383 g/mol. The Morgan fingerprint density at radius 1 is 1.21 bits per heavy atom. The molecule has 1 amide bonds. The number of piperazine rings is 1. The molecule has 8 heteroatoms. The van der Waals surface area contributed by atoms with Crippen LogP contribution in [0, 0.1) is 5.82 Å². The van der Waals surface area contributed by atoms with Gasteiger partial charge >= 0.3 is 0 Å². The van der Waals surface area contributed by atoms with Crippen LogP contribution in [0.2, 0.25) is 5.02 Å². The Balaban J connectivity index is 1.58. The van der Waals surface area contributed by atoms with Gasteiger partial charge in [-0.05, 0) is 37.6 Å². The van der Waals surface area contributed by atoms with E-state index in [0.29, 0.717) is 55.5 Å². The highest BCUT2D eigenvalue weighted by molar-refractivity contribution is 6.31. The van der Waals surface area contributed by atoms with E-state index in [2.05, 4.69) is 15.2 Å². The zero-order chi connectivity index (χ0) is 19.9. The Bertz CT molecular complexity index is 797. The summed E-state index contributed by atoms with van der Waals surface area (Å²) >= 11 is 6.08. The summed E-state index contributed by atoms with van der Waals surface area (Å²) in [6, 6.07) is 8.07. The summed E-state index contributed by atoms with van der Waals surface area (Å²) in [5.74, 6) is 0.717. The van der Waals surface area contributed by atoms with E-state index < -0.39 is 0 Å². The molecule has 6 nitrogen and oxygen atoms in total. The first kappa shape index (κ1) is 20.2. The Kier molecular flexibility index (Phi) is 6.92. The average molecular weight is 407 g/mol. The quantitative estimate of drug-likeness (QED) is 0.612. The molecule has 0 aliphatic carbocycles. The largest absolute Gasteiger partial charge is 0.459 e. The lowest BCUT2D eigenvalue weighted by Crippen LogP contribution is -2.53. The minimum absolute atomic E-state index is 0.0965. The van der Waals surface area contributed by atoms with Crippen LogP contribution < -0.4 is 5.32 Å². The summed E-state index contributed by atoms with van der Waals surface area (Å²) in [6.45, 7) is 5.66. The van der Waals surface area contributed by atoms with Gasteiger partial charge in [0.25, 0.3) is 5.91 Å². The van der Waals surface area contributed by atoms with Gasteiger partial charge in [-0.3, -0.25) is 9.79 Å². The highest BCUT2D eigenvalue weighted by atomic mass is 35.5. The van der Waals surface area contributed by atoms with Crippen LogP contribution in [0.3, 0.4) is 0 Å². The lowest BCUT2D eigenvalue weighted by atomic mass is 10.1. The third kappa shape index (κ3) is 4.84. The van der Waals surface area contributed by atoms with Gasteiger partial charge in [-0.2, -0.15) is 0 Å². The first-order valence-electron chi connectivity index (χ1n) is 9.39. The van der Waals surface area contributed by atoms with Crippen molar-refractivity contribution in [2.24, 2.45) is 4.99 Å². The van der Waals surface area contributed by atoms with Crippen LogP contribution in [0.25, 0.3) is 0 Å². The summed E-state index contributed by atoms with van der Waals surface area (Å²) in [5, 5.41) is 3.69. The standard InChI is InChI=1S/C20H24ClFN4O2/c1-2-23-20(24-9-8-15-16(21)5-3-6-17(15)22)26-12-10-25(11-13-26)19(27)18-7-4-14-28-18/h3-7,14H,2,8-13H2,1H3,(H,23,24). The topological polar surface area (TPSA) is 61.1 Å². The molecule has 0 unspecified atom stereocenters. The van der Waals surface area contributed by atoms with E-state index in [1.54, 1.807) is 29.2 Å². The number of rotatable bonds is 5. The molecule has 1 aromatic carbocycles. The maximum absolute atomic E-state index is 13.9. The average Bonchev–Trinajstić information content (AvgIpc) is 3.24. The van der Waals surface area contributed by atoms with Gasteiger partial charge < -0.3 is 19.5 Å². The van der Waals surface area contributed by atoms with Crippen molar-refractivity contribution in [1.82, 2.24) is 15.1 Å². The van der Waals surface area contributed by atoms with Crippen LogP contribution in [0.5, 0.6) is 0 Å². The number of nitrogens with one attached hydrogen (secondary N) is 1. The van der Waals surface area contributed by atoms with Crippen LogP contribution in [-0.2, 0) is 6.42 Å². The maximum Gasteiger partial charge on any atom is 0.289 e. The van der Waals surface area contributed by atoms with Gasteiger partial charge in [0, 0.05) is 49.9 Å². The molecule has 2 aromatic rings. The van der Waals surface area contributed by atoms with Crippen LogP contribution in [0.15, 0.2) is 46.0 Å². The summed E-state index contributed by atoms with van der Waals surface area (Å²) in [5.41, 5.74) is 0.484. The van der Waals surface area contributed by atoms with Gasteiger partial charge in [-0.1, -0.05) is 17.7 Å². The number of amides is 1. The number of carbonyl (C=O) groups is 1. The maximum atomic E-state index is 13.9. The smallest absolute Gasteiger partial charge is 0.289 e. The third-order valence-corrected chi connectivity index (χ3v) is 4.97. The van der Waals surface area contributed by atoms with Gasteiger partial charge in [0.05, 0.1) is 6.26 Å². The van der Waals surface area contributed by atoms with Gasteiger partial charge in [-0.15, -0.1) is 0 Å². The molecule has 2 heterocycles. The molecule has 3 rings (SSSR count). The van der Waals surface area contributed by atoms with Crippen LogP contribution in [-0.4, -0.2) is 60.9 Å². The van der Waals surface area contributed by atoms with Crippen molar-refractivity contribution in [3.8, 4) is 0 Å². The molecule has 1 aliphatic rings. The van der Waals surface area contributed by atoms with Crippen LogP contribution in [0.1, 0.15) is 23.0 Å². The van der Waals surface area contributed by atoms with Gasteiger partial charge in [0.15, 0.2) is 11.7 Å². The van der Waals surface area contributed by atoms with Crippen molar-refractivity contribution in [3.63, 3.8) is 0 Å². The summed E-state index contributed by atoms with van der Waals surface area (Å²) in [4.78, 5) is 20.9. The molecule has 1 N–H and O–H groups in total. The van der Waals surface area contributed by atoms with Gasteiger partial charge in [0.1, 0.15) is 5.82 Å². The van der Waals surface area contributed by atoms with E-state index in [-0.39, 0.29) is 11.7 Å². The molecule has 1 aliphatic heterocycles. The molecule has 1 saturated heterocycles. The van der Waals surface area contributed by atoms with Crippen molar-refractivity contribution in [1.29, 1.82) is 0 Å². The third-order valence-electron chi connectivity index (χ3n) is 4.62. The van der Waals surface area contributed by atoms with Crippen LogP contribution in [0.4, 0.5) is 4.39 Å². The zero-order valence-electron chi connectivity index (χ0n) is 15.8. The normalized spacial score (nSPS) is 15.0. The zero-order valence-corrected chi connectivity index (χ0v) is 16.6. The van der Waals surface area contributed by atoms with Crippen molar-refractivity contribution < 1.29 is 13.6 Å². The van der Waals surface area contributed by atoms with Gasteiger partial charge in [-0.25, -0.2) is 4.39 Å². The van der Waals surface area contributed by atoms with Gasteiger partial charge in [0.2, 0.25) is 0 Å². The lowest BCUT2D eigenvalue weighted by Gasteiger charge is -2.36. The lowest BCUT2D eigenvalue weighted by molar-refractivity contribution is 0.0657. The van der Waals surface area contributed by atoms with Crippen molar-refractivity contribution in [2.75, 3.05) is 39.3 Å². The predicted molar refractivity (Wildman–Crippen MR) is 107 cm³/mol. The number of hydrogen-bond donors (Lipinski definition) is 1. The predicted octanol–water partition coefficient (Wildman–Crippen LogP) is 3.04. The van der Waals surface area contributed by atoms with E-state index in [1.165, 1.54) is 12.3 Å². The molecule has 28 heavy (non-hydrogen) atoms. The number of nitrogens with zero attached hydrogens (tertiary/aromatic N) is 3. The molecule has 0 saturated carbocycles. The van der Waals surface area contributed by atoms with E-state index in [4.69, 9.17) is 16.0 Å². The number of carbonyl (C=O) groups excluding carboxylic acids is 1. The van der Waals surface area contributed by atoms with Crippen molar-refractivity contribution >= 4 is 23.5 Å². The van der Waals surface area contributed by atoms with E-state index in [1.807, 2.05) is 6.92 Å². The monoisotopic (exact) mass is 406 g/mol. The first-order chi connectivity index (χ1) is 13.6. The Morgan fingerprint density at radius 3 is 2.61 bits per heavy atom. The fourth-order valence-corrected chi connectivity index (χ4v) is 3.41. The molecule has 0 bridgehead atoms. The minimum atomic E-state index is -0.308. The Hall–Kier alpha value is -2.54. The molecule has 150 valence electrons. The Labute approximate surface area is 169 Å². The van der Waals surface area contributed by atoms with Crippen molar-refractivity contribution in [3.05, 3.63) is 58.8 Å². The number of hydrogen-bond acceptors (Lipinski definition) is 3.